The summed E-state index contributed by atoms with van der Waals surface area (Å²) < 4.78 is 18.4. The molecule has 0 saturated heterocycles. The third-order valence-electron chi connectivity index (χ3n) is 2.81. The van der Waals surface area contributed by atoms with Crippen LogP contribution in [0.5, 0.6) is 5.75 Å². The number of methoxy groups -OCH3 is 1. The summed E-state index contributed by atoms with van der Waals surface area (Å²) in [5, 5.41) is 3.63. The van der Waals surface area contributed by atoms with E-state index in [0.717, 1.165) is 22.6 Å². The molecule has 0 bridgehead atoms. The lowest BCUT2D eigenvalue weighted by atomic mass is 10.2. The molecule has 100 valence electrons. The van der Waals surface area contributed by atoms with Crippen molar-refractivity contribution in [1.82, 2.24) is 0 Å². The Kier molecular flexibility index (Phi) is 4.27. The second-order valence-corrected chi connectivity index (χ2v) is 4.75. The maximum Gasteiger partial charge on any atom is 0.125 e. The topological polar surface area (TPSA) is 21.3 Å². The number of aryl methyl sites for hydroxylation is 1. The highest BCUT2D eigenvalue weighted by Crippen LogP contribution is 2.22. The molecule has 2 rings (SSSR count). The second kappa shape index (κ2) is 5.93. The van der Waals surface area contributed by atoms with Crippen LogP contribution < -0.4 is 10.1 Å². The molecule has 0 saturated carbocycles. The fourth-order valence-electron chi connectivity index (χ4n) is 1.91. The van der Waals surface area contributed by atoms with Gasteiger partial charge in [-0.2, -0.15) is 0 Å². The van der Waals surface area contributed by atoms with Crippen LogP contribution in [0.3, 0.4) is 0 Å². The first-order valence-corrected chi connectivity index (χ1v) is 6.30. The molecule has 0 amide bonds. The number of anilines is 1. The highest BCUT2D eigenvalue weighted by Gasteiger charge is 2.02. The summed E-state index contributed by atoms with van der Waals surface area (Å²) in [6.45, 7) is 2.49. The van der Waals surface area contributed by atoms with Crippen molar-refractivity contribution in [1.29, 1.82) is 0 Å². The summed E-state index contributed by atoms with van der Waals surface area (Å²) >= 11 is 5.81. The van der Waals surface area contributed by atoms with Crippen LogP contribution in [0.4, 0.5) is 10.1 Å². The van der Waals surface area contributed by atoms with Crippen LogP contribution >= 0.6 is 11.6 Å². The van der Waals surface area contributed by atoms with E-state index in [1.165, 1.54) is 12.1 Å². The van der Waals surface area contributed by atoms with E-state index in [-0.39, 0.29) is 5.82 Å². The SMILES string of the molecule is COc1ccc(NCc2cc(F)cc(Cl)c2)cc1C. The molecule has 2 aromatic carbocycles. The van der Waals surface area contributed by atoms with Crippen molar-refractivity contribution < 1.29 is 9.13 Å². The van der Waals surface area contributed by atoms with Gasteiger partial charge in [-0.15, -0.1) is 0 Å². The van der Waals surface area contributed by atoms with Crippen molar-refractivity contribution in [2.75, 3.05) is 12.4 Å². The Hall–Kier alpha value is -1.74. The minimum Gasteiger partial charge on any atom is -0.496 e. The van der Waals surface area contributed by atoms with Crippen LogP contribution in [0.15, 0.2) is 36.4 Å². The predicted molar refractivity (Wildman–Crippen MR) is 76.5 cm³/mol. The van der Waals surface area contributed by atoms with Crippen LogP contribution in [0.1, 0.15) is 11.1 Å². The van der Waals surface area contributed by atoms with Crippen molar-refractivity contribution in [2.45, 2.75) is 13.5 Å². The monoisotopic (exact) mass is 279 g/mol. The molecule has 0 atom stereocenters. The Bertz CT molecular complexity index is 566. The third kappa shape index (κ3) is 3.61. The summed E-state index contributed by atoms with van der Waals surface area (Å²) in [6.07, 6.45) is 0. The van der Waals surface area contributed by atoms with E-state index in [2.05, 4.69) is 5.32 Å². The number of ether oxygens (including phenoxy) is 1. The first-order valence-electron chi connectivity index (χ1n) is 5.92. The molecule has 4 heteroatoms. The van der Waals surface area contributed by atoms with Crippen molar-refractivity contribution in [3.63, 3.8) is 0 Å². The summed E-state index contributed by atoms with van der Waals surface area (Å²) in [5.41, 5.74) is 2.81. The minimum absolute atomic E-state index is 0.324. The molecule has 2 nitrogen and oxygen atoms in total. The molecule has 0 aliphatic rings. The lowest BCUT2D eigenvalue weighted by Gasteiger charge is -2.10. The van der Waals surface area contributed by atoms with E-state index >= 15 is 0 Å². The fourth-order valence-corrected chi connectivity index (χ4v) is 2.15. The van der Waals surface area contributed by atoms with Gasteiger partial charge < -0.3 is 10.1 Å². The Balaban J connectivity index is 2.08. The maximum absolute atomic E-state index is 13.2. The summed E-state index contributed by atoms with van der Waals surface area (Å²) in [7, 11) is 1.64. The van der Waals surface area contributed by atoms with Gasteiger partial charge >= 0.3 is 0 Å². The van der Waals surface area contributed by atoms with Crippen molar-refractivity contribution in [3.05, 3.63) is 58.4 Å². The zero-order chi connectivity index (χ0) is 13.8. The molecule has 0 aromatic heterocycles. The molecule has 19 heavy (non-hydrogen) atoms. The van der Waals surface area contributed by atoms with Gasteiger partial charge in [0.25, 0.3) is 0 Å². The van der Waals surface area contributed by atoms with Gasteiger partial charge in [0.1, 0.15) is 11.6 Å². The van der Waals surface area contributed by atoms with Gasteiger partial charge in [0.15, 0.2) is 0 Å². The molecule has 0 unspecified atom stereocenters. The van der Waals surface area contributed by atoms with Crippen LogP contribution in [0, 0.1) is 12.7 Å². The number of halogens is 2. The maximum atomic E-state index is 13.2. The van der Waals surface area contributed by atoms with Gasteiger partial charge in [0, 0.05) is 17.3 Å². The summed E-state index contributed by atoms with van der Waals surface area (Å²) in [5.74, 6) is 0.523. The minimum atomic E-state index is -0.324. The molecule has 0 aliphatic carbocycles. The van der Waals surface area contributed by atoms with Crippen molar-refractivity contribution in [3.8, 4) is 5.75 Å². The standard InChI is InChI=1S/C15H15ClFNO/c1-10-5-14(3-4-15(10)19-2)18-9-11-6-12(16)8-13(17)7-11/h3-8,18H,9H2,1-2H3. The lowest BCUT2D eigenvalue weighted by molar-refractivity contribution is 0.412. The fraction of sp³-hybridized carbons (Fsp3) is 0.200. The predicted octanol–water partition coefficient (Wildman–Crippen LogP) is 4.41. The van der Waals surface area contributed by atoms with Gasteiger partial charge in [-0.3, -0.25) is 0 Å². The average molecular weight is 280 g/mol. The van der Waals surface area contributed by atoms with E-state index < -0.39 is 0 Å². The second-order valence-electron chi connectivity index (χ2n) is 4.32. The van der Waals surface area contributed by atoms with Gasteiger partial charge in [0.2, 0.25) is 0 Å². The highest BCUT2D eigenvalue weighted by molar-refractivity contribution is 6.30. The third-order valence-corrected chi connectivity index (χ3v) is 3.03. The van der Waals surface area contributed by atoms with E-state index in [1.807, 2.05) is 25.1 Å². The highest BCUT2D eigenvalue weighted by atomic mass is 35.5. The largest absolute Gasteiger partial charge is 0.496 e. The number of nitrogens with one attached hydrogen (secondary N) is 1. The Morgan fingerprint density at radius 2 is 2.00 bits per heavy atom. The quantitative estimate of drug-likeness (QED) is 0.895. The van der Waals surface area contributed by atoms with Gasteiger partial charge in [-0.05, 0) is 54.4 Å². The first kappa shape index (κ1) is 13.7. The lowest BCUT2D eigenvalue weighted by Crippen LogP contribution is -2.00. The van der Waals surface area contributed by atoms with E-state index in [9.17, 15) is 4.39 Å². The van der Waals surface area contributed by atoms with Crippen molar-refractivity contribution in [2.24, 2.45) is 0 Å². The molecule has 2 aromatic rings. The smallest absolute Gasteiger partial charge is 0.125 e. The Labute approximate surface area is 117 Å². The van der Waals surface area contributed by atoms with Crippen molar-refractivity contribution >= 4 is 17.3 Å². The Morgan fingerprint density at radius 3 is 2.63 bits per heavy atom. The first-order chi connectivity index (χ1) is 9.08. The zero-order valence-corrected chi connectivity index (χ0v) is 11.6. The Morgan fingerprint density at radius 1 is 1.21 bits per heavy atom. The molecular formula is C15H15ClFNO. The molecule has 0 fully saturated rings. The van der Waals surface area contributed by atoms with E-state index in [1.54, 1.807) is 13.2 Å². The van der Waals surface area contributed by atoms with Crippen LogP contribution in [0.2, 0.25) is 5.02 Å². The normalized spacial score (nSPS) is 10.3. The molecular weight excluding hydrogens is 265 g/mol. The zero-order valence-electron chi connectivity index (χ0n) is 10.8. The number of rotatable bonds is 4. The van der Waals surface area contributed by atoms with E-state index in [4.69, 9.17) is 16.3 Å². The van der Waals surface area contributed by atoms with Crippen LogP contribution in [0.25, 0.3) is 0 Å². The van der Waals surface area contributed by atoms with Gasteiger partial charge in [-0.1, -0.05) is 11.6 Å². The number of hydrogen-bond acceptors (Lipinski definition) is 2. The average Bonchev–Trinajstić information content (AvgIpc) is 2.35. The van der Waals surface area contributed by atoms with Crippen LogP contribution in [-0.4, -0.2) is 7.11 Å². The summed E-state index contributed by atoms with van der Waals surface area (Å²) in [6, 6.07) is 10.3. The van der Waals surface area contributed by atoms with Gasteiger partial charge in [-0.25, -0.2) is 4.39 Å². The summed E-state index contributed by atoms with van der Waals surface area (Å²) in [4.78, 5) is 0. The van der Waals surface area contributed by atoms with E-state index in [0.29, 0.717) is 11.6 Å². The number of benzene rings is 2. The molecule has 0 aliphatic heterocycles. The number of hydrogen-bond donors (Lipinski definition) is 1. The van der Waals surface area contributed by atoms with Crippen LogP contribution in [-0.2, 0) is 6.54 Å². The molecule has 1 N–H and O–H groups in total. The molecule has 0 radical (unpaired) electrons. The molecule has 0 spiro atoms. The van der Waals surface area contributed by atoms with Gasteiger partial charge in [0.05, 0.1) is 7.11 Å². The molecule has 0 heterocycles.